The zero-order valence-electron chi connectivity index (χ0n) is 33.2. The van der Waals surface area contributed by atoms with Gasteiger partial charge in [0, 0.05) is 33.0 Å². The normalized spacial score (nSPS) is 15.2. The highest BCUT2D eigenvalue weighted by molar-refractivity contribution is 6.22. The lowest BCUT2D eigenvalue weighted by Crippen LogP contribution is -2.34. The molecule has 1 aliphatic rings. The minimum atomic E-state index is -1.54. The lowest BCUT2D eigenvalue weighted by Gasteiger charge is -2.41. The SMILES string of the molecule is [2H]c1c([2H])c([2H])c2c(c1[2H])Oc1c([2H])c([2H])c(-c3cccc4c3c3ccc5ccccc5c3n4-c3ccccc3)c([2H])c1C2(c1ccccc1)c1ccccc1. The standard InChI is InChI=1S/C47H31NO/c1-4-16-34(17-5-1)47(35-18-6-2-7-19-35)40-24-12-13-26-43(40)49-44-30-28-33(31-41(44)47)37-23-14-25-42-45(37)39-29-27-32-15-10-11-22-38(32)46(39)48(42)36-20-8-3-9-21-36/h1-31H/i12D,13D,24D,26D,28D,30D,31D. The molecule has 0 spiro atoms. The van der Waals surface area contributed by atoms with Crippen LogP contribution in [0.3, 0.4) is 0 Å². The van der Waals surface area contributed by atoms with Crippen molar-refractivity contribution in [2.75, 3.05) is 0 Å². The first-order valence-electron chi connectivity index (χ1n) is 19.8. The molecule has 2 nitrogen and oxygen atoms in total. The van der Waals surface area contributed by atoms with Crippen LogP contribution in [0.25, 0.3) is 49.4 Å². The van der Waals surface area contributed by atoms with Gasteiger partial charge >= 0.3 is 0 Å². The van der Waals surface area contributed by atoms with Gasteiger partial charge in [0.1, 0.15) is 11.5 Å². The maximum absolute atomic E-state index is 10.3. The van der Waals surface area contributed by atoms with Gasteiger partial charge in [0.05, 0.1) is 26.0 Å². The van der Waals surface area contributed by atoms with Crippen molar-refractivity contribution in [2.24, 2.45) is 0 Å². The quantitative estimate of drug-likeness (QED) is 0.188. The van der Waals surface area contributed by atoms with Crippen LogP contribution >= 0.6 is 0 Å². The van der Waals surface area contributed by atoms with Gasteiger partial charge in [0.2, 0.25) is 0 Å². The molecule has 0 bridgehead atoms. The topological polar surface area (TPSA) is 14.2 Å². The summed E-state index contributed by atoms with van der Waals surface area (Å²) in [6, 6.07) is 44.9. The second-order valence-corrected chi connectivity index (χ2v) is 12.3. The van der Waals surface area contributed by atoms with Crippen LogP contribution in [0.4, 0.5) is 0 Å². The Morgan fingerprint density at radius 3 is 1.98 bits per heavy atom. The van der Waals surface area contributed by atoms with E-state index in [9.17, 15) is 5.48 Å². The van der Waals surface area contributed by atoms with Crippen molar-refractivity contribution < 1.29 is 14.3 Å². The molecule has 0 unspecified atom stereocenters. The zero-order chi connectivity index (χ0) is 38.5. The lowest BCUT2D eigenvalue weighted by molar-refractivity contribution is 0.434. The first-order valence-corrected chi connectivity index (χ1v) is 16.3. The van der Waals surface area contributed by atoms with Crippen molar-refractivity contribution in [3.8, 4) is 28.3 Å². The van der Waals surface area contributed by atoms with Gasteiger partial charge in [-0.25, -0.2) is 0 Å². The molecule has 2 heteroatoms. The summed E-state index contributed by atoms with van der Waals surface area (Å²) < 4.78 is 74.2. The molecule has 1 aromatic heterocycles. The zero-order valence-corrected chi connectivity index (χ0v) is 26.2. The summed E-state index contributed by atoms with van der Waals surface area (Å²) >= 11 is 0. The molecule has 1 aliphatic heterocycles. The van der Waals surface area contributed by atoms with E-state index in [1.807, 2.05) is 109 Å². The second kappa shape index (κ2) is 10.8. The predicted molar refractivity (Wildman–Crippen MR) is 202 cm³/mol. The van der Waals surface area contributed by atoms with Gasteiger partial charge in [-0.2, -0.15) is 0 Å². The Bertz CT molecular complexity index is 3030. The van der Waals surface area contributed by atoms with Crippen LogP contribution in [0.1, 0.15) is 31.8 Å². The van der Waals surface area contributed by atoms with Crippen molar-refractivity contribution in [1.82, 2.24) is 4.57 Å². The maximum atomic E-state index is 10.3. The van der Waals surface area contributed by atoms with Crippen molar-refractivity contribution in [2.45, 2.75) is 5.41 Å². The Kier molecular flexibility index (Phi) is 4.75. The lowest BCUT2D eigenvalue weighted by atomic mass is 9.63. The number of nitrogens with zero attached hydrogens (tertiary/aromatic N) is 1. The van der Waals surface area contributed by atoms with E-state index in [0.29, 0.717) is 16.7 Å². The molecule has 0 aliphatic carbocycles. The van der Waals surface area contributed by atoms with Crippen LogP contribution in [0.5, 0.6) is 11.5 Å². The fraction of sp³-hybridized carbons (Fsp3) is 0.0213. The van der Waals surface area contributed by atoms with E-state index in [2.05, 4.69) is 41.0 Å². The number of ether oxygens (including phenoxy) is 1. The van der Waals surface area contributed by atoms with Crippen molar-refractivity contribution >= 4 is 32.6 Å². The molecule has 0 amide bonds. The summed E-state index contributed by atoms with van der Waals surface area (Å²) in [5.41, 5.74) is 3.73. The Balaban J connectivity index is 1.40. The largest absolute Gasteiger partial charge is 0.457 e. The third kappa shape index (κ3) is 4.01. The average molecular weight is 633 g/mol. The van der Waals surface area contributed by atoms with E-state index < -0.39 is 23.5 Å². The highest BCUT2D eigenvalue weighted by Gasteiger charge is 2.45. The Labute approximate surface area is 294 Å². The number of hydrogen-bond acceptors (Lipinski definition) is 1. The van der Waals surface area contributed by atoms with Crippen molar-refractivity contribution in [3.63, 3.8) is 0 Å². The Hall–Kier alpha value is -6.38. The molecule has 0 fully saturated rings. The van der Waals surface area contributed by atoms with Crippen molar-refractivity contribution in [3.05, 3.63) is 210 Å². The minimum absolute atomic E-state index is 0.0688. The average Bonchev–Trinajstić information content (AvgIpc) is 3.60. The molecule has 0 saturated heterocycles. The van der Waals surface area contributed by atoms with E-state index in [1.54, 1.807) is 0 Å². The highest BCUT2D eigenvalue weighted by atomic mass is 16.5. The molecule has 230 valence electrons. The summed E-state index contributed by atoms with van der Waals surface area (Å²) in [5.74, 6) is -0.213. The van der Waals surface area contributed by atoms with Crippen molar-refractivity contribution in [1.29, 1.82) is 0 Å². The van der Waals surface area contributed by atoms with Crippen LogP contribution in [-0.2, 0) is 5.41 Å². The predicted octanol–water partition coefficient (Wildman–Crippen LogP) is 12.1. The molecule has 10 rings (SSSR count). The summed E-state index contributed by atoms with van der Waals surface area (Å²) in [6.45, 7) is 0. The van der Waals surface area contributed by atoms with Gasteiger partial charge in [0.15, 0.2) is 0 Å². The fourth-order valence-corrected chi connectivity index (χ4v) is 7.74. The number of rotatable bonds is 4. The first kappa shape index (κ1) is 21.5. The number of aromatic nitrogens is 1. The summed E-state index contributed by atoms with van der Waals surface area (Å²) in [5, 5.41) is 3.87. The van der Waals surface area contributed by atoms with E-state index in [0.717, 1.165) is 38.3 Å². The number of para-hydroxylation sites is 2. The number of benzene rings is 8. The monoisotopic (exact) mass is 632 g/mol. The van der Waals surface area contributed by atoms with Crippen LogP contribution in [-0.4, -0.2) is 4.57 Å². The van der Waals surface area contributed by atoms with Crippen LogP contribution in [0.2, 0.25) is 0 Å². The van der Waals surface area contributed by atoms with E-state index in [4.69, 9.17) is 8.85 Å². The van der Waals surface area contributed by atoms with E-state index >= 15 is 0 Å². The van der Waals surface area contributed by atoms with Gasteiger partial charge in [-0.15, -0.1) is 0 Å². The Morgan fingerprint density at radius 2 is 1.20 bits per heavy atom. The molecule has 9 aromatic rings. The number of fused-ring (bicyclic) bond motifs is 7. The molecule has 0 N–H and O–H groups in total. The van der Waals surface area contributed by atoms with Crippen LogP contribution < -0.4 is 4.74 Å². The second-order valence-electron chi connectivity index (χ2n) is 12.3. The molecular weight excluding hydrogens is 595 g/mol. The molecule has 2 heterocycles. The molecule has 49 heavy (non-hydrogen) atoms. The highest BCUT2D eigenvalue weighted by Crippen LogP contribution is 2.56. The van der Waals surface area contributed by atoms with Crippen LogP contribution in [0, 0.1) is 0 Å². The van der Waals surface area contributed by atoms with E-state index in [1.165, 1.54) is 0 Å². The smallest absolute Gasteiger partial charge is 0.132 e. The van der Waals surface area contributed by atoms with Gasteiger partial charge in [-0.3, -0.25) is 0 Å². The third-order valence-corrected chi connectivity index (χ3v) is 9.76. The molecular formula is C47H31NO. The fourth-order valence-electron chi connectivity index (χ4n) is 7.74. The summed E-state index contributed by atoms with van der Waals surface area (Å²) in [6.07, 6.45) is 0. The first-order chi connectivity index (χ1) is 27.2. The minimum Gasteiger partial charge on any atom is -0.457 e. The van der Waals surface area contributed by atoms with Crippen LogP contribution in [0.15, 0.2) is 188 Å². The summed E-state index contributed by atoms with van der Waals surface area (Å²) in [7, 11) is 0. The maximum Gasteiger partial charge on any atom is 0.132 e. The number of hydrogen-bond donors (Lipinski definition) is 0. The molecule has 0 radical (unpaired) electrons. The van der Waals surface area contributed by atoms with Gasteiger partial charge in [-0.05, 0) is 64.0 Å². The third-order valence-electron chi connectivity index (χ3n) is 9.76. The molecule has 0 saturated carbocycles. The van der Waals surface area contributed by atoms with E-state index in [-0.39, 0.29) is 52.4 Å². The molecule has 8 aromatic carbocycles. The Morgan fingerprint density at radius 1 is 0.531 bits per heavy atom. The summed E-state index contributed by atoms with van der Waals surface area (Å²) in [4.78, 5) is 0. The molecule has 0 atom stereocenters. The van der Waals surface area contributed by atoms with Gasteiger partial charge in [0.25, 0.3) is 0 Å². The van der Waals surface area contributed by atoms with Gasteiger partial charge in [-0.1, -0.05) is 152 Å². The van der Waals surface area contributed by atoms with Gasteiger partial charge < -0.3 is 9.30 Å².